The highest BCUT2D eigenvalue weighted by Gasteiger charge is 2.34. The summed E-state index contributed by atoms with van der Waals surface area (Å²) in [6.07, 6.45) is 2.76. The van der Waals surface area contributed by atoms with Gasteiger partial charge in [0.25, 0.3) is 0 Å². The van der Waals surface area contributed by atoms with Crippen molar-refractivity contribution < 1.29 is 33.3 Å². The van der Waals surface area contributed by atoms with Crippen molar-refractivity contribution in [3.8, 4) is 11.5 Å². The minimum absolute atomic E-state index is 0.0706. The number of hydrogen-bond donors (Lipinski definition) is 0. The molecule has 290 valence electrons. The van der Waals surface area contributed by atoms with Gasteiger partial charge in [-0.05, 0) is 108 Å². The summed E-state index contributed by atoms with van der Waals surface area (Å²) in [5.41, 5.74) is 3.76. The molecule has 12 heteroatoms. The Kier molecular flexibility index (Phi) is 12.3. The van der Waals surface area contributed by atoms with Crippen LogP contribution in [0, 0.1) is 5.41 Å². The Hall–Kier alpha value is -4.61. The van der Waals surface area contributed by atoms with Crippen molar-refractivity contribution in [1.29, 1.82) is 0 Å². The smallest absolute Gasteiger partial charge is 0.425 e. The highest BCUT2D eigenvalue weighted by atomic mass is 35.5. The SMILES string of the molecule is COC(=O)c1ccc(N2CCN(CC3=C(c4ccc(Cl)cc4)CC(C)(C)CC3)CC2)cc1Oc1ccnc(N(C(=O)OC(C)(C)C)C(=O)OC(C)(C)C)c1. The number of esters is 1. The molecule has 0 unspecified atom stereocenters. The van der Waals surface area contributed by atoms with Crippen LogP contribution < -0.4 is 14.5 Å². The molecule has 0 saturated carbocycles. The molecule has 1 aliphatic carbocycles. The fourth-order valence-electron chi connectivity index (χ4n) is 6.56. The molecule has 1 fully saturated rings. The second-order valence-electron chi connectivity index (χ2n) is 16.6. The first kappa shape index (κ1) is 40.6. The number of halogens is 1. The first-order valence-electron chi connectivity index (χ1n) is 18.4. The number of benzene rings is 2. The Bertz CT molecular complexity index is 1840. The van der Waals surface area contributed by atoms with E-state index < -0.39 is 29.4 Å². The fraction of sp³-hybridized carbons (Fsp3) is 0.476. The number of anilines is 2. The molecule has 2 aromatic carbocycles. The van der Waals surface area contributed by atoms with E-state index in [1.54, 1.807) is 53.7 Å². The maximum absolute atomic E-state index is 13.3. The van der Waals surface area contributed by atoms with Crippen LogP contribution in [0.5, 0.6) is 11.5 Å². The number of nitrogens with zero attached hydrogens (tertiary/aromatic N) is 4. The van der Waals surface area contributed by atoms with Crippen LogP contribution in [0.25, 0.3) is 5.57 Å². The normalized spacial score (nSPS) is 16.4. The predicted octanol–water partition coefficient (Wildman–Crippen LogP) is 9.78. The van der Waals surface area contributed by atoms with E-state index in [4.69, 9.17) is 30.5 Å². The number of rotatable bonds is 8. The van der Waals surface area contributed by atoms with Crippen molar-refractivity contribution >= 4 is 46.8 Å². The average molecular weight is 761 g/mol. The van der Waals surface area contributed by atoms with Gasteiger partial charge in [0.2, 0.25) is 0 Å². The zero-order valence-corrected chi connectivity index (χ0v) is 33.7. The Labute approximate surface area is 324 Å². The van der Waals surface area contributed by atoms with Crippen molar-refractivity contribution in [1.82, 2.24) is 9.88 Å². The van der Waals surface area contributed by atoms with Crippen molar-refractivity contribution in [2.75, 3.05) is 49.6 Å². The third-order valence-electron chi connectivity index (χ3n) is 9.23. The molecule has 2 heterocycles. The average Bonchev–Trinajstić information content (AvgIpc) is 3.08. The fourth-order valence-corrected chi connectivity index (χ4v) is 6.68. The van der Waals surface area contributed by atoms with Crippen LogP contribution >= 0.6 is 11.6 Å². The van der Waals surface area contributed by atoms with E-state index in [-0.39, 0.29) is 28.3 Å². The number of pyridine rings is 1. The maximum Gasteiger partial charge on any atom is 0.425 e. The van der Waals surface area contributed by atoms with E-state index in [0.29, 0.717) is 0 Å². The third-order valence-corrected chi connectivity index (χ3v) is 9.48. The first-order chi connectivity index (χ1) is 25.3. The third kappa shape index (κ3) is 10.8. The summed E-state index contributed by atoms with van der Waals surface area (Å²) in [4.78, 5) is 49.2. The number of piperazine rings is 1. The number of carbonyl (C=O) groups excluding carboxylic acids is 3. The Morgan fingerprint density at radius 2 is 1.50 bits per heavy atom. The molecule has 11 nitrogen and oxygen atoms in total. The number of methoxy groups -OCH3 is 1. The minimum Gasteiger partial charge on any atom is -0.465 e. The lowest BCUT2D eigenvalue weighted by Gasteiger charge is -2.39. The second kappa shape index (κ2) is 16.4. The minimum atomic E-state index is -0.956. The lowest BCUT2D eigenvalue weighted by molar-refractivity contribution is 0.0428. The summed E-state index contributed by atoms with van der Waals surface area (Å²) in [6, 6.07) is 16.6. The van der Waals surface area contributed by atoms with Crippen molar-refractivity contribution in [3.05, 3.63) is 82.5 Å². The molecule has 2 amide bonds. The standard InChI is InChI=1S/C42H53ClN4O7/c1-40(2,3)53-38(49)47(39(50)54-41(4,5)6)36-25-32(17-19-44-36)52-35-24-31(14-15-33(35)37(48)51-9)46-22-20-45(21-23-46)27-29-16-18-42(7,8)26-34(29)28-10-12-30(43)13-11-28/h10-15,17,19,24-25H,16,18,20-23,26-27H2,1-9H3. The highest BCUT2D eigenvalue weighted by Crippen LogP contribution is 2.43. The predicted molar refractivity (Wildman–Crippen MR) is 212 cm³/mol. The van der Waals surface area contributed by atoms with Crippen molar-refractivity contribution in [3.63, 3.8) is 0 Å². The van der Waals surface area contributed by atoms with Crippen LogP contribution in [0.15, 0.2) is 66.4 Å². The van der Waals surface area contributed by atoms with Crippen molar-refractivity contribution in [2.24, 2.45) is 5.41 Å². The van der Waals surface area contributed by atoms with Gasteiger partial charge in [0, 0.05) is 61.8 Å². The monoisotopic (exact) mass is 760 g/mol. The number of aromatic nitrogens is 1. The van der Waals surface area contributed by atoms with Gasteiger partial charge < -0.3 is 23.8 Å². The van der Waals surface area contributed by atoms with Gasteiger partial charge in [-0.25, -0.2) is 19.4 Å². The topological polar surface area (TPSA) is 111 Å². The van der Waals surface area contributed by atoms with E-state index in [1.165, 1.54) is 36.1 Å². The van der Waals surface area contributed by atoms with E-state index >= 15 is 0 Å². The van der Waals surface area contributed by atoms with Gasteiger partial charge >= 0.3 is 18.2 Å². The van der Waals surface area contributed by atoms with Gasteiger partial charge in [0.1, 0.15) is 28.3 Å². The summed E-state index contributed by atoms with van der Waals surface area (Å²) in [6.45, 7) is 19.1. The molecule has 2 aliphatic rings. The van der Waals surface area contributed by atoms with Crippen LogP contribution in [0.2, 0.25) is 5.02 Å². The van der Waals surface area contributed by atoms with Crippen LogP contribution in [0.1, 0.15) is 90.6 Å². The summed E-state index contributed by atoms with van der Waals surface area (Å²) >= 11 is 6.22. The van der Waals surface area contributed by atoms with Gasteiger partial charge in [-0.1, -0.05) is 43.2 Å². The number of amides is 2. The van der Waals surface area contributed by atoms with Gasteiger partial charge in [-0.2, -0.15) is 4.90 Å². The summed E-state index contributed by atoms with van der Waals surface area (Å²) in [5.74, 6) is -0.161. The van der Waals surface area contributed by atoms with Crippen molar-refractivity contribution in [2.45, 2.75) is 85.9 Å². The highest BCUT2D eigenvalue weighted by molar-refractivity contribution is 6.30. The number of ether oxygens (including phenoxy) is 4. The largest absolute Gasteiger partial charge is 0.465 e. The molecule has 0 spiro atoms. The van der Waals surface area contributed by atoms with Gasteiger partial charge in [-0.15, -0.1) is 0 Å². The molecule has 3 aromatic rings. The quantitative estimate of drug-likeness (QED) is 0.163. The molecule has 0 bridgehead atoms. The molecule has 1 saturated heterocycles. The molecule has 1 aromatic heterocycles. The molecule has 0 atom stereocenters. The summed E-state index contributed by atoms with van der Waals surface area (Å²) in [5, 5.41) is 0.744. The molecule has 54 heavy (non-hydrogen) atoms. The lowest BCUT2D eigenvalue weighted by atomic mass is 9.72. The zero-order chi connectivity index (χ0) is 39.4. The molecule has 5 rings (SSSR count). The number of hydrogen-bond acceptors (Lipinski definition) is 10. The van der Waals surface area contributed by atoms with Crippen LogP contribution in [-0.4, -0.2) is 79.1 Å². The molecule has 0 radical (unpaired) electrons. The lowest BCUT2D eigenvalue weighted by Crippen LogP contribution is -2.47. The van der Waals surface area contributed by atoms with E-state index in [2.05, 4.69) is 40.8 Å². The number of carbonyl (C=O) groups is 3. The van der Waals surface area contributed by atoms with E-state index in [0.717, 1.165) is 67.6 Å². The second-order valence-corrected chi connectivity index (χ2v) is 17.0. The molecular formula is C42H53ClN4O7. The van der Waals surface area contributed by atoms with Gasteiger partial charge in [-0.3, -0.25) is 4.90 Å². The van der Waals surface area contributed by atoms with E-state index in [9.17, 15) is 14.4 Å². The Balaban J connectivity index is 1.35. The summed E-state index contributed by atoms with van der Waals surface area (Å²) < 4.78 is 22.4. The van der Waals surface area contributed by atoms with Gasteiger partial charge in [0.05, 0.1) is 7.11 Å². The van der Waals surface area contributed by atoms with E-state index in [1.807, 2.05) is 24.3 Å². The Morgan fingerprint density at radius 1 is 0.870 bits per heavy atom. The van der Waals surface area contributed by atoms with Crippen LogP contribution in [0.3, 0.4) is 0 Å². The Morgan fingerprint density at radius 3 is 2.09 bits per heavy atom. The molecule has 1 aliphatic heterocycles. The number of allylic oxidation sites excluding steroid dienone is 1. The zero-order valence-electron chi connectivity index (χ0n) is 33.0. The maximum atomic E-state index is 13.3. The number of imide groups is 1. The first-order valence-corrected chi connectivity index (χ1v) is 18.8. The molecule has 0 N–H and O–H groups in total. The summed E-state index contributed by atoms with van der Waals surface area (Å²) in [7, 11) is 1.31. The van der Waals surface area contributed by atoms with Crippen LogP contribution in [-0.2, 0) is 14.2 Å². The van der Waals surface area contributed by atoms with Gasteiger partial charge in [0.15, 0.2) is 5.82 Å². The van der Waals surface area contributed by atoms with Crippen LogP contribution in [0.4, 0.5) is 21.1 Å². The molecular weight excluding hydrogens is 708 g/mol.